The number of hydrazone groups is 1. The van der Waals surface area contributed by atoms with E-state index in [2.05, 4.69) is 10.5 Å². The topological polar surface area (TPSA) is 49.6 Å². The van der Waals surface area contributed by atoms with Crippen LogP contribution in [0.15, 0.2) is 47.7 Å². The molecule has 5 heteroatoms. The first kappa shape index (κ1) is 13.9. The van der Waals surface area contributed by atoms with Crippen LogP contribution in [-0.2, 0) is 7.05 Å². The summed E-state index contributed by atoms with van der Waals surface area (Å²) >= 11 is 0. The summed E-state index contributed by atoms with van der Waals surface area (Å²) in [5, 5.41) is 3.97. The van der Waals surface area contributed by atoms with Crippen molar-refractivity contribution in [1.82, 2.24) is 9.99 Å². The lowest BCUT2D eigenvalue weighted by Gasteiger charge is -2.12. The van der Waals surface area contributed by atoms with Gasteiger partial charge >= 0.3 is 0 Å². The Labute approximate surface area is 118 Å². The molecule has 0 saturated heterocycles. The Morgan fingerprint density at radius 1 is 1.30 bits per heavy atom. The van der Waals surface area contributed by atoms with Crippen molar-refractivity contribution in [2.24, 2.45) is 12.1 Å². The molecule has 0 atom stereocenters. The molecule has 2 aromatic rings. The zero-order valence-electron chi connectivity index (χ0n) is 11.9. The fourth-order valence-corrected chi connectivity index (χ4v) is 1.76. The summed E-state index contributed by atoms with van der Waals surface area (Å²) in [4.78, 5) is 13.9. The molecule has 1 aromatic heterocycles. The van der Waals surface area contributed by atoms with Crippen LogP contribution in [0.3, 0.4) is 0 Å². The number of nitrogens with zero attached hydrogens (tertiary/aromatic N) is 3. The van der Waals surface area contributed by atoms with E-state index in [-0.39, 0.29) is 5.91 Å². The number of hydrogen-bond donors (Lipinski definition) is 1. The molecule has 0 aliphatic heterocycles. The van der Waals surface area contributed by atoms with Crippen LogP contribution in [0.25, 0.3) is 0 Å². The van der Waals surface area contributed by atoms with E-state index in [1.165, 1.54) is 0 Å². The second-order valence-electron chi connectivity index (χ2n) is 4.69. The van der Waals surface area contributed by atoms with E-state index in [4.69, 9.17) is 0 Å². The summed E-state index contributed by atoms with van der Waals surface area (Å²) in [6.07, 6.45) is 3.54. The number of carbonyl (C=O) groups excluding carboxylic acids is 1. The van der Waals surface area contributed by atoms with Gasteiger partial charge in [0, 0.05) is 38.6 Å². The molecule has 2 rings (SSSR count). The Morgan fingerprint density at radius 2 is 2.10 bits per heavy atom. The van der Waals surface area contributed by atoms with Crippen LogP contribution < -0.4 is 10.3 Å². The Morgan fingerprint density at radius 3 is 2.75 bits per heavy atom. The largest absolute Gasteiger partial charge is 0.378 e. The smallest absolute Gasteiger partial charge is 0.271 e. The monoisotopic (exact) mass is 270 g/mol. The molecule has 0 bridgehead atoms. The molecule has 20 heavy (non-hydrogen) atoms. The van der Waals surface area contributed by atoms with Gasteiger partial charge < -0.3 is 9.47 Å². The number of anilines is 1. The van der Waals surface area contributed by atoms with E-state index < -0.39 is 0 Å². The van der Waals surface area contributed by atoms with Gasteiger partial charge in [0.25, 0.3) is 5.91 Å². The van der Waals surface area contributed by atoms with Crippen LogP contribution in [0.2, 0.25) is 0 Å². The van der Waals surface area contributed by atoms with Crippen molar-refractivity contribution in [3.05, 3.63) is 53.9 Å². The van der Waals surface area contributed by atoms with Crippen LogP contribution in [0.1, 0.15) is 16.1 Å². The number of aromatic nitrogens is 1. The molecule has 1 aromatic carbocycles. The van der Waals surface area contributed by atoms with Crippen molar-refractivity contribution in [2.45, 2.75) is 0 Å². The van der Waals surface area contributed by atoms with Crippen LogP contribution in [-0.4, -0.2) is 30.8 Å². The first-order chi connectivity index (χ1) is 9.58. The molecule has 0 aliphatic rings. The lowest BCUT2D eigenvalue weighted by atomic mass is 10.2. The van der Waals surface area contributed by atoms with Crippen molar-refractivity contribution in [3.8, 4) is 0 Å². The third-order valence-electron chi connectivity index (χ3n) is 2.97. The minimum Gasteiger partial charge on any atom is -0.378 e. The number of hydrogen-bond acceptors (Lipinski definition) is 3. The molecule has 0 aliphatic carbocycles. The molecule has 0 saturated carbocycles. The number of benzene rings is 1. The zero-order valence-corrected chi connectivity index (χ0v) is 11.9. The number of aryl methyl sites for hydroxylation is 1. The molecule has 5 nitrogen and oxygen atoms in total. The minimum atomic E-state index is -0.223. The van der Waals surface area contributed by atoms with Gasteiger partial charge in [0.05, 0.1) is 11.9 Å². The first-order valence-electron chi connectivity index (χ1n) is 6.30. The highest BCUT2D eigenvalue weighted by Gasteiger charge is 2.05. The molecule has 0 unspecified atom stereocenters. The normalized spacial score (nSPS) is 10.8. The summed E-state index contributed by atoms with van der Waals surface area (Å²) in [5.41, 5.74) is 5.01. The second kappa shape index (κ2) is 6.06. The third kappa shape index (κ3) is 3.26. The fourth-order valence-electron chi connectivity index (χ4n) is 1.76. The zero-order chi connectivity index (χ0) is 14.5. The average molecular weight is 270 g/mol. The SMILES string of the molecule is CN(C)c1cccc(C(=O)N/N=C\c2cccn2C)c1. The van der Waals surface area contributed by atoms with Crippen LogP contribution in [0.4, 0.5) is 5.69 Å². The van der Waals surface area contributed by atoms with Gasteiger partial charge in [0.2, 0.25) is 0 Å². The molecule has 0 fully saturated rings. The van der Waals surface area contributed by atoms with Crippen molar-refractivity contribution in [2.75, 3.05) is 19.0 Å². The van der Waals surface area contributed by atoms with Gasteiger partial charge in [0.1, 0.15) is 0 Å². The van der Waals surface area contributed by atoms with E-state index in [1.54, 1.807) is 12.3 Å². The maximum atomic E-state index is 12.0. The summed E-state index contributed by atoms with van der Waals surface area (Å²) in [6, 6.07) is 11.2. The van der Waals surface area contributed by atoms with Crippen LogP contribution in [0, 0.1) is 0 Å². The number of carbonyl (C=O) groups is 1. The number of amides is 1. The van der Waals surface area contributed by atoms with Crippen molar-refractivity contribution < 1.29 is 4.79 Å². The van der Waals surface area contributed by atoms with E-state index >= 15 is 0 Å². The van der Waals surface area contributed by atoms with E-state index in [1.807, 2.05) is 67.1 Å². The highest BCUT2D eigenvalue weighted by Crippen LogP contribution is 2.13. The van der Waals surface area contributed by atoms with Crippen LogP contribution in [0.5, 0.6) is 0 Å². The summed E-state index contributed by atoms with van der Waals surface area (Å²) in [5.74, 6) is -0.223. The maximum absolute atomic E-state index is 12.0. The predicted octanol–water partition coefficient (Wildman–Crippen LogP) is 1.85. The highest BCUT2D eigenvalue weighted by molar-refractivity contribution is 5.95. The van der Waals surface area contributed by atoms with E-state index in [9.17, 15) is 4.79 Å². The molecule has 104 valence electrons. The second-order valence-corrected chi connectivity index (χ2v) is 4.69. The minimum absolute atomic E-state index is 0.223. The average Bonchev–Trinajstić information content (AvgIpc) is 2.84. The van der Waals surface area contributed by atoms with Gasteiger partial charge in [-0.25, -0.2) is 5.43 Å². The number of rotatable bonds is 4. The quantitative estimate of drug-likeness (QED) is 0.681. The van der Waals surface area contributed by atoms with Crippen molar-refractivity contribution in [1.29, 1.82) is 0 Å². The highest BCUT2D eigenvalue weighted by atomic mass is 16.2. The number of nitrogens with one attached hydrogen (secondary N) is 1. The van der Waals surface area contributed by atoms with Gasteiger partial charge in [-0.15, -0.1) is 0 Å². The van der Waals surface area contributed by atoms with Gasteiger partial charge in [-0.2, -0.15) is 5.10 Å². The molecule has 1 amide bonds. The molecule has 1 N–H and O–H groups in total. The van der Waals surface area contributed by atoms with E-state index in [0.717, 1.165) is 11.4 Å². The molecular weight excluding hydrogens is 252 g/mol. The first-order valence-corrected chi connectivity index (χ1v) is 6.30. The Bertz CT molecular complexity index is 628. The Hall–Kier alpha value is -2.56. The van der Waals surface area contributed by atoms with Gasteiger partial charge in [-0.1, -0.05) is 6.07 Å². The van der Waals surface area contributed by atoms with Gasteiger partial charge in [-0.3, -0.25) is 4.79 Å². The fraction of sp³-hybridized carbons (Fsp3) is 0.200. The molecule has 0 spiro atoms. The van der Waals surface area contributed by atoms with Crippen molar-refractivity contribution >= 4 is 17.8 Å². The molecule has 0 radical (unpaired) electrons. The lowest BCUT2D eigenvalue weighted by molar-refractivity contribution is 0.0955. The van der Waals surface area contributed by atoms with Gasteiger partial charge in [-0.05, 0) is 30.3 Å². The third-order valence-corrected chi connectivity index (χ3v) is 2.97. The molecular formula is C15H18N4O. The predicted molar refractivity (Wildman–Crippen MR) is 81.2 cm³/mol. The summed E-state index contributed by atoms with van der Waals surface area (Å²) in [6.45, 7) is 0. The summed E-state index contributed by atoms with van der Waals surface area (Å²) < 4.78 is 1.92. The standard InChI is InChI=1S/C15H18N4O/c1-18(2)13-7-4-6-12(10-13)15(20)17-16-11-14-8-5-9-19(14)3/h4-11H,1-3H3,(H,17,20)/b16-11-. The Kier molecular flexibility index (Phi) is 4.20. The van der Waals surface area contributed by atoms with Gasteiger partial charge in [0.15, 0.2) is 0 Å². The van der Waals surface area contributed by atoms with Crippen molar-refractivity contribution in [3.63, 3.8) is 0 Å². The lowest BCUT2D eigenvalue weighted by Crippen LogP contribution is -2.18. The molecule has 1 heterocycles. The van der Waals surface area contributed by atoms with E-state index in [0.29, 0.717) is 5.56 Å². The summed E-state index contributed by atoms with van der Waals surface area (Å²) in [7, 11) is 5.79. The Balaban J connectivity index is 2.03. The maximum Gasteiger partial charge on any atom is 0.271 e. The van der Waals surface area contributed by atoms with Crippen LogP contribution >= 0.6 is 0 Å².